The third-order valence-electron chi connectivity index (χ3n) is 3.87. The molecule has 0 aliphatic carbocycles. The van der Waals surface area contributed by atoms with E-state index in [0.717, 1.165) is 4.57 Å². The molecule has 7 nitrogen and oxygen atoms in total. The second-order valence-corrected chi connectivity index (χ2v) is 5.89. The van der Waals surface area contributed by atoms with Gasteiger partial charge >= 0.3 is 5.69 Å². The zero-order valence-electron chi connectivity index (χ0n) is 13.0. The smallest absolute Gasteiger partial charge is 0.328 e. The van der Waals surface area contributed by atoms with Gasteiger partial charge in [0.25, 0.3) is 5.56 Å². The molecule has 8 heteroatoms. The highest BCUT2D eigenvalue weighted by molar-refractivity contribution is 6.32. The molecule has 1 atom stereocenters. The van der Waals surface area contributed by atoms with Gasteiger partial charge in [0.05, 0.1) is 17.3 Å². The van der Waals surface area contributed by atoms with Gasteiger partial charge in [0.2, 0.25) is 5.91 Å². The average Bonchev–Trinajstić information content (AvgIpc) is 2.57. The molecule has 1 amide bonds. The summed E-state index contributed by atoms with van der Waals surface area (Å²) in [6, 6.07) is 6.39. The van der Waals surface area contributed by atoms with Crippen LogP contribution in [0.4, 0.5) is 5.69 Å². The molecular formula is C16H16ClN3O4. The Bertz CT molecular complexity index is 889. The molecule has 0 saturated heterocycles. The molecule has 0 spiro atoms. The molecule has 0 fully saturated rings. The summed E-state index contributed by atoms with van der Waals surface area (Å²) in [5, 5.41) is 0.435. The van der Waals surface area contributed by atoms with Crippen LogP contribution >= 0.6 is 11.6 Å². The third-order valence-corrected chi connectivity index (χ3v) is 4.16. The summed E-state index contributed by atoms with van der Waals surface area (Å²) in [5.74, 6) is 0.189. The number of fused-ring (bicyclic) bond motifs is 1. The molecule has 126 valence electrons. The number of halogens is 1. The fraction of sp³-hybridized carbons (Fsp3) is 0.312. The number of amides is 1. The minimum atomic E-state index is -0.623. The predicted molar refractivity (Wildman–Crippen MR) is 89.8 cm³/mol. The van der Waals surface area contributed by atoms with Crippen molar-refractivity contribution in [2.45, 2.75) is 26.0 Å². The summed E-state index contributed by atoms with van der Waals surface area (Å²) in [6.45, 7) is 2.15. The number of hydrogen-bond acceptors (Lipinski definition) is 4. The highest BCUT2D eigenvalue weighted by atomic mass is 35.5. The summed E-state index contributed by atoms with van der Waals surface area (Å²) in [6.07, 6.45) is 1.84. The number of nitrogens with zero attached hydrogens (tertiary/aromatic N) is 2. The van der Waals surface area contributed by atoms with E-state index in [1.807, 2.05) is 6.92 Å². The SMILES string of the molecule is CCC1CN(C(=O)Cn2ccc(=O)[nH]c2=O)c2cccc(Cl)c2O1. The van der Waals surface area contributed by atoms with E-state index in [-0.39, 0.29) is 18.6 Å². The van der Waals surface area contributed by atoms with Crippen LogP contribution in [0.15, 0.2) is 40.1 Å². The molecule has 1 unspecified atom stereocenters. The van der Waals surface area contributed by atoms with Crippen molar-refractivity contribution < 1.29 is 9.53 Å². The van der Waals surface area contributed by atoms with Crippen LogP contribution in [0.2, 0.25) is 5.02 Å². The van der Waals surface area contributed by atoms with Crippen molar-refractivity contribution in [3.63, 3.8) is 0 Å². The number of carbonyl (C=O) groups excluding carboxylic acids is 1. The number of anilines is 1. The predicted octanol–water partition coefficient (Wildman–Crippen LogP) is 1.39. The molecule has 1 aliphatic rings. The number of aromatic nitrogens is 2. The minimum Gasteiger partial charge on any atom is -0.485 e. The van der Waals surface area contributed by atoms with Crippen molar-refractivity contribution in [3.05, 3.63) is 56.3 Å². The number of para-hydroxylation sites is 1. The number of H-pyrrole nitrogens is 1. The highest BCUT2D eigenvalue weighted by Crippen LogP contribution is 2.39. The van der Waals surface area contributed by atoms with Gasteiger partial charge in [-0.25, -0.2) is 4.79 Å². The molecular weight excluding hydrogens is 334 g/mol. The maximum Gasteiger partial charge on any atom is 0.328 e. The number of aromatic amines is 1. The van der Waals surface area contributed by atoms with E-state index < -0.39 is 11.2 Å². The van der Waals surface area contributed by atoms with E-state index in [2.05, 4.69) is 4.98 Å². The zero-order valence-corrected chi connectivity index (χ0v) is 13.7. The van der Waals surface area contributed by atoms with E-state index in [9.17, 15) is 14.4 Å². The fourth-order valence-corrected chi connectivity index (χ4v) is 2.80. The van der Waals surface area contributed by atoms with Crippen molar-refractivity contribution in [3.8, 4) is 5.75 Å². The van der Waals surface area contributed by atoms with Crippen LogP contribution in [0.5, 0.6) is 5.75 Å². The van der Waals surface area contributed by atoms with Crippen molar-refractivity contribution in [2.24, 2.45) is 0 Å². The van der Waals surface area contributed by atoms with Crippen molar-refractivity contribution >= 4 is 23.2 Å². The Balaban J connectivity index is 1.93. The standard InChI is InChI=1S/C16H16ClN3O4/c1-2-10-8-20(12-5-3-4-11(17)15(12)24-10)14(22)9-19-7-6-13(21)18-16(19)23/h3-7,10H,2,8-9H2,1H3,(H,18,21,23). The van der Waals surface area contributed by atoms with Gasteiger partial charge in [0.1, 0.15) is 12.6 Å². The maximum atomic E-state index is 12.7. The van der Waals surface area contributed by atoms with Crippen LogP contribution in [0.3, 0.4) is 0 Å². The molecule has 0 saturated carbocycles. The molecule has 1 N–H and O–H groups in total. The second kappa shape index (κ2) is 6.52. The lowest BCUT2D eigenvalue weighted by molar-refractivity contribution is -0.119. The Labute approximate surface area is 142 Å². The molecule has 1 aromatic carbocycles. The molecule has 24 heavy (non-hydrogen) atoms. The molecule has 1 aliphatic heterocycles. The minimum absolute atomic E-state index is 0.173. The van der Waals surface area contributed by atoms with Crippen LogP contribution in [-0.2, 0) is 11.3 Å². The van der Waals surface area contributed by atoms with Gasteiger partial charge < -0.3 is 9.64 Å². The van der Waals surface area contributed by atoms with E-state index >= 15 is 0 Å². The van der Waals surface area contributed by atoms with Gasteiger partial charge in [-0.05, 0) is 18.6 Å². The summed E-state index contributed by atoms with van der Waals surface area (Å²) >= 11 is 6.18. The first-order chi connectivity index (χ1) is 11.5. The number of hydrogen-bond donors (Lipinski definition) is 1. The van der Waals surface area contributed by atoms with Crippen molar-refractivity contribution in [1.29, 1.82) is 0 Å². The lowest BCUT2D eigenvalue weighted by Crippen LogP contribution is -2.46. The second-order valence-electron chi connectivity index (χ2n) is 5.48. The Morgan fingerprint density at radius 2 is 2.17 bits per heavy atom. The highest BCUT2D eigenvalue weighted by Gasteiger charge is 2.30. The Morgan fingerprint density at radius 1 is 1.38 bits per heavy atom. The Morgan fingerprint density at radius 3 is 2.88 bits per heavy atom. The molecule has 2 aromatic rings. The van der Waals surface area contributed by atoms with Crippen LogP contribution in [0.25, 0.3) is 0 Å². The summed E-state index contributed by atoms with van der Waals surface area (Å²) in [5.41, 5.74) is -0.546. The van der Waals surface area contributed by atoms with Gasteiger partial charge in [0.15, 0.2) is 5.75 Å². The van der Waals surface area contributed by atoms with Crippen LogP contribution in [0.1, 0.15) is 13.3 Å². The molecule has 2 heterocycles. The lowest BCUT2D eigenvalue weighted by Gasteiger charge is -2.35. The number of nitrogens with one attached hydrogen (secondary N) is 1. The number of rotatable bonds is 3. The summed E-state index contributed by atoms with van der Waals surface area (Å²) in [7, 11) is 0. The number of ether oxygens (including phenoxy) is 1. The fourth-order valence-electron chi connectivity index (χ4n) is 2.58. The first-order valence-corrected chi connectivity index (χ1v) is 7.92. The monoisotopic (exact) mass is 349 g/mol. The first-order valence-electron chi connectivity index (χ1n) is 7.55. The van der Waals surface area contributed by atoms with Gasteiger partial charge in [-0.15, -0.1) is 0 Å². The van der Waals surface area contributed by atoms with Gasteiger partial charge in [-0.2, -0.15) is 0 Å². The maximum absolute atomic E-state index is 12.7. The Hall–Kier alpha value is -2.54. The largest absolute Gasteiger partial charge is 0.485 e. The molecule has 1 aromatic heterocycles. The topological polar surface area (TPSA) is 84.4 Å². The lowest BCUT2D eigenvalue weighted by atomic mass is 10.1. The summed E-state index contributed by atoms with van der Waals surface area (Å²) in [4.78, 5) is 39.3. The number of benzene rings is 1. The van der Waals surface area contributed by atoms with E-state index in [1.54, 1.807) is 23.1 Å². The molecule has 0 radical (unpaired) electrons. The quantitative estimate of drug-likeness (QED) is 0.907. The van der Waals surface area contributed by atoms with E-state index in [0.29, 0.717) is 29.4 Å². The molecule has 3 rings (SSSR count). The van der Waals surface area contributed by atoms with Gasteiger partial charge in [-0.1, -0.05) is 24.6 Å². The normalized spacial score (nSPS) is 16.4. The van der Waals surface area contributed by atoms with E-state index in [4.69, 9.17) is 16.3 Å². The van der Waals surface area contributed by atoms with Crippen molar-refractivity contribution in [1.82, 2.24) is 9.55 Å². The average molecular weight is 350 g/mol. The van der Waals surface area contributed by atoms with Gasteiger partial charge in [-0.3, -0.25) is 19.1 Å². The first kappa shape index (κ1) is 16.3. The zero-order chi connectivity index (χ0) is 17.3. The third kappa shape index (κ3) is 3.07. The number of carbonyl (C=O) groups is 1. The summed E-state index contributed by atoms with van der Waals surface area (Å²) < 4.78 is 7.00. The van der Waals surface area contributed by atoms with E-state index in [1.165, 1.54) is 12.3 Å². The molecule has 0 bridgehead atoms. The van der Waals surface area contributed by atoms with Crippen LogP contribution in [-0.4, -0.2) is 28.1 Å². The van der Waals surface area contributed by atoms with Crippen LogP contribution < -0.4 is 20.9 Å². The Kier molecular flexibility index (Phi) is 4.44. The van der Waals surface area contributed by atoms with Crippen molar-refractivity contribution in [2.75, 3.05) is 11.4 Å². The van der Waals surface area contributed by atoms with Gasteiger partial charge in [0, 0.05) is 12.3 Å². The van der Waals surface area contributed by atoms with Crippen LogP contribution in [0, 0.1) is 0 Å².